The van der Waals surface area contributed by atoms with Crippen LogP contribution in [0.25, 0.3) is 10.4 Å². The maximum atomic E-state index is 13.1. The zero-order valence-electron chi connectivity index (χ0n) is 23.1. The number of ether oxygens (including phenoxy) is 2. The summed E-state index contributed by atoms with van der Waals surface area (Å²) in [6.07, 6.45) is -1.24. The number of benzene rings is 3. The van der Waals surface area contributed by atoms with E-state index in [0.717, 1.165) is 10.4 Å². The first-order chi connectivity index (χ1) is 19.2. The van der Waals surface area contributed by atoms with Crippen LogP contribution < -0.4 is 10.4 Å². The van der Waals surface area contributed by atoms with E-state index in [1.54, 1.807) is 36.6 Å². The summed E-state index contributed by atoms with van der Waals surface area (Å²) >= 11 is 1.30. The van der Waals surface area contributed by atoms with Crippen molar-refractivity contribution < 1.29 is 23.8 Å². The summed E-state index contributed by atoms with van der Waals surface area (Å²) in [5.41, 5.74) is 8.99. The van der Waals surface area contributed by atoms with E-state index >= 15 is 0 Å². The first-order valence-electron chi connectivity index (χ1n) is 13.1. The average molecular weight is 578 g/mol. The molecule has 1 aliphatic heterocycles. The van der Waals surface area contributed by atoms with Crippen LogP contribution in [0.5, 0.6) is 0 Å². The first-order valence-corrected chi connectivity index (χ1v) is 16.3. The number of esters is 1. The molecular weight excluding hydrogens is 542 g/mol. The van der Waals surface area contributed by atoms with Crippen LogP contribution in [0.3, 0.4) is 0 Å². The van der Waals surface area contributed by atoms with Gasteiger partial charge >= 0.3 is 5.97 Å². The van der Waals surface area contributed by atoms with Gasteiger partial charge in [-0.05, 0) is 39.3 Å². The highest BCUT2D eigenvalue weighted by Gasteiger charge is 2.53. The molecule has 1 saturated heterocycles. The number of rotatable bonds is 9. The van der Waals surface area contributed by atoms with E-state index in [4.69, 9.17) is 13.9 Å². The monoisotopic (exact) mass is 577 g/mol. The van der Waals surface area contributed by atoms with Crippen molar-refractivity contribution in [2.24, 2.45) is 5.11 Å². The SMILES string of the molecule is CS[C@@H]1OC(CO[Si](c2ccccc2)(c2ccccc2)C(C)(C)C)[C@H](OC(=O)c2ccccc2)[C@H](N=[N+]=[N-])C1O. The van der Waals surface area contributed by atoms with Crippen LogP contribution in [0.2, 0.25) is 5.04 Å². The Hall–Kier alpha value is -3.11. The van der Waals surface area contributed by atoms with E-state index < -0.39 is 44.1 Å². The molecule has 0 aliphatic carbocycles. The molecule has 4 rings (SSSR count). The number of carbonyl (C=O) groups excluding carboxylic acids is 1. The first kappa shape index (κ1) is 29.9. The zero-order chi connectivity index (χ0) is 28.8. The lowest BCUT2D eigenvalue weighted by molar-refractivity contribution is -0.160. The van der Waals surface area contributed by atoms with Gasteiger partial charge in [-0.3, -0.25) is 0 Å². The van der Waals surface area contributed by atoms with Crippen LogP contribution in [0.1, 0.15) is 31.1 Å². The van der Waals surface area contributed by atoms with E-state index in [1.165, 1.54) is 11.8 Å². The second-order valence-corrected chi connectivity index (χ2v) is 15.9. The molecule has 5 atom stereocenters. The fourth-order valence-corrected chi connectivity index (χ4v) is 10.6. The van der Waals surface area contributed by atoms with Gasteiger partial charge in [-0.2, -0.15) is 0 Å². The van der Waals surface area contributed by atoms with Gasteiger partial charge in [-0.25, -0.2) is 4.79 Å². The van der Waals surface area contributed by atoms with Gasteiger partial charge < -0.3 is 19.0 Å². The molecule has 0 aromatic heterocycles. The Labute approximate surface area is 240 Å². The summed E-state index contributed by atoms with van der Waals surface area (Å²) in [5, 5.41) is 16.8. The summed E-state index contributed by atoms with van der Waals surface area (Å²) in [6.45, 7) is 6.57. The van der Waals surface area contributed by atoms with Gasteiger partial charge in [0.25, 0.3) is 8.32 Å². The Balaban J connectivity index is 1.76. The molecule has 2 unspecified atom stereocenters. The number of nitrogens with zero attached hydrogens (tertiary/aromatic N) is 3. The number of thioether (sulfide) groups is 1. The molecule has 1 aliphatic rings. The minimum Gasteiger partial charge on any atom is -0.455 e. The van der Waals surface area contributed by atoms with E-state index in [0.29, 0.717) is 5.56 Å². The highest BCUT2D eigenvalue weighted by molar-refractivity contribution is 7.99. The van der Waals surface area contributed by atoms with Gasteiger partial charge in [-0.15, -0.1) is 11.8 Å². The lowest BCUT2D eigenvalue weighted by Crippen LogP contribution is -2.68. The van der Waals surface area contributed by atoms with Crippen LogP contribution >= 0.6 is 11.8 Å². The molecule has 40 heavy (non-hydrogen) atoms. The highest BCUT2D eigenvalue weighted by Crippen LogP contribution is 2.38. The van der Waals surface area contributed by atoms with E-state index in [1.807, 2.05) is 36.4 Å². The third-order valence-electron chi connectivity index (χ3n) is 7.19. The van der Waals surface area contributed by atoms with Gasteiger partial charge in [0.1, 0.15) is 29.8 Å². The Morgan fingerprint density at radius 3 is 2.00 bits per heavy atom. The van der Waals surface area contributed by atoms with E-state index in [-0.39, 0.29) is 11.6 Å². The lowest BCUT2D eigenvalue weighted by atomic mass is 9.97. The standard InChI is InChI=1S/C30H35N3O5SSi/c1-30(2,3)40(22-16-10-6-11-17-22,23-18-12-7-13-19-23)36-20-24-27(38-28(35)21-14-8-5-9-15-21)25(32-33-31)26(34)29(37-24)39-4/h5-19,24-27,29,34H,20H2,1-4H3/t24?,25-,26?,27+,29+/m1/s1. The largest absolute Gasteiger partial charge is 0.455 e. The lowest BCUT2D eigenvalue weighted by Gasteiger charge is -2.46. The Morgan fingerprint density at radius 2 is 1.52 bits per heavy atom. The number of aliphatic hydroxyl groups excluding tert-OH is 1. The molecule has 8 nitrogen and oxygen atoms in total. The number of aliphatic hydroxyl groups is 1. The van der Waals surface area contributed by atoms with Crippen LogP contribution in [-0.2, 0) is 13.9 Å². The Bertz CT molecular complexity index is 1260. The van der Waals surface area contributed by atoms with Crippen molar-refractivity contribution in [2.75, 3.05) is 12.9 Å². The van der Waals surface area contributed by atoms with E-state index in [9.17, 15) is 15.4 Å². The molecule has 1 N–H and O–H groups in total. The smallest absolute Gasteiger partial charge is 0.338 e. The molecule has 0 saturated carbocycles. The van der Waals surface area contributed by atoms with Crippen LogP contribution in [0, 0.1) is 0 Å². The highest BCUT2D eigenvalue weighted by atomic mass is 32.2. The summed E-state index contributed by atoms with van der Waals surface area (Å²) in [6, 6.07) is 27.9. The summed E-state index contributed by atoms with van der Waals surface area (Å²) < 4.78 is 19.3. The molecule has 3 aromatic carbocycles. The number of carbonyl (C=O) groups is 1. The number of azide groups is 1. The van der Waals surface area contributed by atoms with Crippen LogP contribution in [-0.4, -0.2) is 62.0 Å². The summed E-state index contributed by atoms with van der Waals surface area (Å²) in [4.78, 5) is 16.1. The predicted octanol–water partition coefficient (Wildman–Crippen LogP) is 4.92. The van der Waals surface area contributed by atoms with Gasteiger partial charge in [0.2, 0.25) is 0 Å². The quantitative estimate of drug-likeness (QED) is 0.127. The van der Waals surface area contributed by atoms with Crippen molar-refractivity contribution in [3.8, 4) is 0 Å². The third-order valence-corrected chi connectivity index (χ3v) is 13.1. The normalized spacial score (nSPS) is 23.2. The molecule has 0 radical (unpaired) electrons. The van der Waals surface area contributed by atoms with Crippen molar-refractivity contribution in [3.05, 3.63) is 107 Å². The molecule has 3 aromatic rings. The summed E-state index contributed by atoms with van der Waals surface area (Å²) in [5.74, 6) is -0.599. The van der Waals surface area contributed by atoms with Gasteiger partial charge in [0.15, 0.2) is 0 Å². The third kappa shape index (κ3) is 6.12. The molecular formula is C30H35N3O5SSi. The molecule has 0 spiro atoms. The molecule has 0 amide bonds. The minimum absolute atomic E-state index is 0.0568. The Kier molecular flexibility index (Phi) is 9.73. The van der Waals surface area contributed by atoms with Crippen LogP contribution in [0.4, 0.5) is 0 Å². The maximum absolute atomic E-state index is 13.1. The van der Waals surface area contributed by atoms with Gasteiger partial charge in [0, 0.05) is 4.91 Å². The second-order valence-electron chi connectivity index (χ2n) is 10.7. The average Bonchev–Trinajstić information content (AvgIpc) is 2.97. The number of hydrogen-bond acceptors (Lipinski definition) is 7. The van der Waals surface area contributed by atoms with Crippen molar-refractivity contribution in [2.45, 2.75) is 55.6 Å². The van der Waals surface area contributed by atoms with Crippen molar-refractivity contribution >= 4 is 36.4 Å². The molecule has 10 heteroatoms. The minimum atomic E-state index is -2.95. The van der Waals surface area contributed by atoms with E-state index in [2.05, 4.69) is 55.1 Å². The van der Waals surface area contributed by atoms with Gasteiger partial charge in [-0.1, -0.05) is 105 Å². The summed E-state index contributed by atoms with van der Waals surface area (Å²) in [7, 11) is -2.95. The van der Waals surface area contributed by atoms with Crippen molar-refractivity contribution in [3.63, 3.8) is 0 Å². The van der Waals surface area contributed by atoms with Crippen molar-refractivity contribution in [1.29, 1.82) is 0 Å². The molecule has 1 fully saturated rings. The second kappa shape index (κ2) is 13.0. The number of hydrogen-bond donors (Lipinski definition) is 1. The maximum Gasteiger partial charge on any atom is 0.338 e. The topological polar surface area (TPSA) is 114 Å². The Morgan fingerprint density at radius 1 is 1.00 bits per heavy atom. The van der Waals surface area contributed by atoms with Crippen molar-refractivity contribution in [1.82, 2.24) is 0 Å². The molecule has 1 heterocycles. The van der Waals surface area contributed by atoms with Gasteiger partial charge in [0.05, 0.1) is 12.2 Å². The molecule has 210 valence electrons. The van der Waals surface area contributed by atoms with Crippen LogP contribution in [0.15, 0.2) is 96.1 Å². The fraction of sp³-hybridized carbons (Fsp3) is 0.367. The fourth-order valence-electron chi connectivity index (χ4n) is 5.31. The predicted molar refractivity (Wildman–Crippen MR) is 160 cm³/mol. The zero-order valence-corrected chi connectivity index (χ0v) is 24.9. The molecule has 0 bridgehead atoms.